The Bertz CT molecular complexity index is 120. The maximum absolute atomic E-state index is 7.88. The van der Waals surface area contributed by atoms with Gasteiger partial charge in [-0.1, -0.05) is 72.1 Å². The Kier molecular flexibility index (Phi) is 42.1. The predicted molar refractivity (Wildman–Crippen MR) is 90.5 cm³/mol. The van der Waals surface area contributed by atoms with E-state index in [0.717, 1.165) is 19.5 Å². The number of rotatable bonds is 11. The van der Waals surface area contributed by atoms with Gasteiger partial charge in [0.1, 0.15) is 0 Å². The SMILES string of the molecule is CCCCCC[N-]CCCCCC.CCCO.[Cl][Ti][Cl]. The van der Waals surface area contributed by atoms with E-state index in [4.69, 9.17) is 23.7 Å². The molecule has 0 rings (SSSR count). The van der Waals surface area contributed by atoms with Crippen molar-refractivity contribution in [3.05, 3.63) is 5.32 Å². The van der Waals surface area contributed by atoms with Crippen LogP contribution in [0.5, 0.6) is 0 Å². The molecule has 0 aliphatic heterocycles. The molecule has 0 saturated carbocycles. The van der Waals surface area contributed by atoms with Crippen molar-refractivity contribution in [2.45, 2.75) is 78.6 Å². The molecule has 0 amide bonds. The third-order valence-electron chi connectivity index (χ3n) is 2.56. The molecule has 0 radical (unpaired) electrons. The van der Waals surface area contributed by atoms with E-state index in [1.54, 1.807) is 0 Å². The summed E-state index contributed by atoms with van der Waals surface area (Å²) in [5.41, 5.74) is 0. The van der Waals surface area contributed by atoms with Crippen molar-refractivity contribution in [2.24, 2.45) is 0 Å². The van der Waals surface area contributed by atoms with Crippen LogP contribution in [-0.2, 0) is 17.0 Å². The van der Waals surface area contributed by atoms with Crippen molar-refractivity contribution < 1.29 is 22.1 Å². The molecule has 5 heteroatoms. The summed E-state index contributed by atoms with van der Waals surface area (Å²) in [5.74, 6) is 0. The van der Waals surface area contributed by atoms with Crippen LogP contribution in [-0.4, -0.2) is 24.8 Å². The zero-order valence-electron chi connectivity index (χ0n) is 13.6. The molecule has 0 fully saturated rings. The first-order valence-electron chi connectivity index (χ1n) is 7.95. The first kappa shape index (κ1) is 26.1. The van der Waals surface area contributed by atoms with E-state index in [-0.39, 0.29) is 0 Å². The van der Waals surface area contributed by atoms with E-state index < -0.39 is 17.0 Å². The average molecular weight is 363 g/mol. The summed E-state index contributed by atoms with van der Waals surface area (Å²) < 4.78 is 0. The number of hydrogen-bond acceptors (Lipinski definition) is 1. The molecule has 20 heavy (non-hydrogen) atoms. The first-order valence-corrected chi connectivity index (χ1v) is 12.2. The molecule has 0 atom stereocenters. The predicted octanol–water partition coefficient (Wildman–Crippen LogP) is 6.29. The van der Waals surface area contributed by atoms with E-state index in [9.17, 15) is 0 Å². The second-order valence-electron chi connectivity index (χ2n) is 4.59. The molecule has 124 valence electrons. The summed E-state index contributed by atoms with van der Waals surface area (Å²) in [6.45, 7) is 8.96. The van der Waals surface area contributed by atoms with Gasteiger partial charge >= 0.3 is 35.6 Å². The zero-order chi connectivity index (χ0) is 15.9. The van der Waals surface area contributed by atoms with Crippen LogP contribution in [0.25, 0.3) is 5.32 Å². The number of aliphatic hydroxyl groups excluding tert-OH is 1. The second-order valence-corrected chi connectivity index (χ2v) is 7.17. The molecule has 0 heterocycles. The van der Waals surface area contributed by atoms with Crippen LogP contribution in [0.4, 0.5) is 0 Å². The molecule has 0 saturated heterocycles. The number of aliphatic hydroxyl groups is 1. The molecule has 0 spiro atoms. The van der Waals surface area contributed by atoms with Crippen LogP contribution in [0.3, 0.4) is 0 Å². The van der Waals surface area contributed by atoms with E-state index in [0.29, 0.717) is 6.61 Å². The average Bonchev–Trinajstić information content (AvgIpc) is 2.47. The molecule has 0 aliphatic carbocycles. The Morgan fingerprint density at radius 3 is 1.35 bits per heavy atom. The van der Waals surface area contributed by atoms with Gasteiger partial charge in [-0.3, -0.25) is 0 Å². The van der Waals surface area contributed by atoms with E-state index >= 15 is 0 Å². The quantitative estimate of drug-likeness (QED) is 0.340. The van der Waals surface area contributed by atoms with Gasteiger partial charge in [0.15, 0.2) is 0 Å². The molecule has 0 aliphatic rings. The summed E-state index contributed by atoms with van der Waals surface area (Å²) >= 11 is -0.556. The maximum atomic E-state index is 7.88. The van der Waals surface area contributed by atoms with E-state index in [1.807, 2.05) is 6.92 Å². The monoisotopic (exact) mass is 362 g/mol. The van der Waals surface area contributed by atoms with Gasteiger partial charge in [-0.2, -0.15) is 0 Å². The Labute approximate surface area is 144 Å². The van der Waals surface area contributed by atoms with Crippen molar-refractivity contribution in [3.8, 4) is 0 Å². The molecule has 1 N–H and O–H groups in total. The van der Waals surface area contributed by atoms with Crippen LogP contribution >= 0.6 is 18.6 Å². The van der Waals surface area contributed by atoms with Crippen LogP contribution in [0.15, 0.2) is 0 Å². The van der Waals surface area contributed by atoms with Crippen molar-refractivity contribution in [2.75, 3.05) is 19.7 Å². The summed E-state index contributed by atoms with van der Waals surface area (Å²) in [6.07, 6.45) is 11.6. The minimum absolute atomic E-state index is 0.319. The molecular formula is C15H34Cl2NOTi-. The Balaban J connectivity index is -0.000000343. The topological polar surface area (TPSA) is 34.3 Å². The van der Waals surface area contributed by atoms with Gasteiger partial charge in [-0.15, -0.1) is 13.1 Å². The van der Waals surface area contributed by atoms with Gasteiger partial charge in [0.25, 0.3) is 0 Å². The normalized spacial score (nSPS) is 9.10. The van der Waals surface area contributed by atoms with Crippen LogP contribution in [0.1, 0.15) is 78.6 Å². The fraction of sp³-hybridized carbons (Fsp3) is 1.00. The first-order chi connectivity index (χ1) is 9.74. The molecule has 0 aromatic rings. The third-order valence-corrected chi connectivity index (χ3v) is 2.56. The van der Waals surface area contributed by atoms with Gasteiger partial charge in [-0.05, 0) is 6.42 Å². The fourth-order valence-corrected chi connectivity index (χ4v) is 1.41. The fourth-order valence-electron chi connectivity index (χ4n) is 1.41. The van der Waals surface area contributed by atoms with Gasteiger partial charge in [0.05, 0.1) is 0 Å². The van der Waals surface area contributed by atoms with E-state index in [1.165, 1.54) is 51.4 Å². The number of halogens is 2. The zero-order valence-corrected chi connectivity index (χ0v) is 16.7. The van der Waals surface area contributed by atoms with Gasteiger partial charge in [0, 0.05) is 6.61 Å². The molecule has 0 aromatic carbocycles. The molecule has 0 unspecified atom stereocenters. The molecule has 2 nitrogen and oxygen atoms in total. The van der Waals surface area contributed by atoms with Crippen molar-refractivity contribution in [3.63, 3.8) is 0 Å². The summed E-state index contributed by atoms with van der Waals surface area (Å²) in [5, 5.41) is 12.4. The van der Waals surface area contributed by atoms with Gasteiger partial charge in [-0.25, -0.2) is 0 Å². The Morgan fingerprint density at radius 1 is 0.750 bits per heavy atom. The second kappa shape index (κ2) is 32.2. The van der Waals surface area contributed by atoms with E-state index in [2.05, 4.69) is 19.2 Å². The van der Waals surface area contributed by atoms with Crippen LogP contribution in [0, 0.1) is 0 Å². The van der Waals surface area contributed by atoms with Crippen molar-refractivity contribution in [1.82, 2.24) is 0 Å². The Hall–Kier alpha value is 1.21. The van der Waals surface area contributed by atoms with Crippen LogP contribution in [0.2, 0.25) is 0 Å². The van der Waals surface area contributed by atoms with Gasteiger partial charge < -0.3 is 10.4 Å². The Morgan fingerprint density at radius 2 is 1.10 bits per heavy atom. The minimum atomic E-state index is -0.556. The summed E-state index contributed by atoms with van der Waals surface area (Å²) in [4.78, 5) is 0. The third kappa shape index (κ3) is 42.7. The van der Waals surface area contributed by atoms with Crippen molar-refractivity contribution in [1.29, 1.82) is 0 Å². The molecule has 0 aromatic heterocycles. The standard InChI is InChI=1S/C12H26N.C3H8O.2ClH.Ti/c1-3-5-7-9-11-13-12-10-8-6-4-2;1-2-3-4;;;/h3-12H2,1-2H3;4H,2-3H2,1H3;2*1H;/q-1;;;;+2/p-2. The van der Waals surface area contributed by atoms with Crippen LogP contribution < -0.4 is 0 Å². The van der Waals surface area contributed by atoms with Crippen molar-refractivity contribution >= 4 is 18.6 Å². The number of hydrogen-bond donors (Lipinski definition) is 1. The molecular weight excluding hydrogens is 329 g/mol. The number of unbranched alkanes of at least 4 members (excludes halogenated alkanes) is 6. The number of nitrogens with zero attached hydrogens (tertiary/aromatic N) is 1. The summed E-state index contributed by atoms with van der Waals surface area (Å²) in [7, 11) is 9.78. The summed E-state index contributed by atoms with van der Waals surface area (Å²) in [6, 6.07) is 0. The van der Waals surface area contributed by atoms with Gasteiger partial charge in [0.2, 0.25) is 0 Å². The molecule has 0 bridgehead atoms.